The maximum atomic E-state index is 11.5. The maximum Gasteiger partial charge on any atom is 0.0882 e. The summed E-state index contributed by atoms with van der Waals surface area (Å²) in [5.74, 6) is 0. The monoisotopic (exact) mass is 318 g/mol. The number of aliphatic hydroxyl groups is 1. The zero-order valence-corrected chi connectivity index (χ0v) is 16.5. The molecule has 1 aromatic rings. The highest BCUT2D eigenvalue weighted by Crippen LogP contribution is 2.39. The predicted octanol–water partition coefficient (Wildman–Crippen LogP) is 5.13. The highest BCUT2D eigenvalue weighted by molar-refractivity contribution is 6.84. The molecule has 0 spiro atoms. The summed E-state index contributed by atoms with van der Waals surface area (Å²) in [4.78, 5) is 0. The van der Waals surface area contributed by atoms with Crippen LogP contribution in [0.5, 0.6) is 0 Å². The third kappa shape index (κ3) is 4.05. The van der Waals surface area contributed by atoms with Crippen molar-refractivity contribution < 1.29 is 5.11 Å². The van der Waals surface area contributed by atoms with Crippen molar-refractivity contribution in [2.75, 3.05) is 0 Å². The molecule has 1 atom stereocenters. The molecule has 0 aromatic heterocycles. The second kappa shape index (κ2) is 6.07. The summed E-state index contributed by atoms with van der Waals surface area (Å²) < 4.78 is 0. The molecule has 0 aliphatic heterocycles. The van der Waals surface area contributed by atoms with E-state index in [0.717, 1.165) is 16.3 Å². The van der Waals surface area contributed by atoms with Gasteiger partial charge in [0.05, 0.1) is 21.4 Å². The summed E-state index contributed by atoms with van der Waals surface area (Å²) in [6.45, 7) is 22.0. The Bertz CT molecular complexity index is 520. The second-order valence-electron chi connectivity index (χ2n) is 7.99. The van der Waals surface area contributed by atoms with Gasteiger partial charge in [-0.25, -0.2) is 0 Å². The van der Waals surface area contributed by atoms with Crippen LogP contribution < -0.4 is 0 Å². The van der Waals surface area contributed by atoms with Crippen LogP contribution in [0, 0.1) is 0 Å². The van der Waals surface area contributed by atoms with Crippen LogP contribution in [0.15, 0.2) is 54.3 Å². The molecule has 0 amide bonds. The van der Waals surface area contributed by atoms with Gasteiger partial charge in [0.1, 0.15) is 0 Å². The van der Waals surface area contributed by atoms with Crippen LogP contribution in [0.25, 0.3) is 0 Å². The van der Waals surface area contributed by atoms with Gasteiger partial charge in [-0.15, -0.1) is 0 Å². The largest absolute Gasteiger partial charge is 0.388 e. The minimum absolute atomic E-state index is 0.593. The van der Waals surface area contributed by atoms with Crippen LogP contribution >= 0.6 is 0 Å². The molecule has 1 N–H and O–H groups in total. The fourth-order valence-corrected chi connectivity index (χ4v) is 5.39. The third-order valence-corrected chi connectivity index (χ3v) is 9.40. The molecule has 0 bridgehead atoms. The zero-order chi connectivity index (χ0) is 16.5. The molecule has 0 aliphatic rings. The van der Waals surface area contributed by atoms with Gasteiger partial charge in [0.25, 0.3) is 0 Å². The summed E-state index contributed by atoms with van der Waals surface area (Å²) >= 11 is 0. The van der Waals surface area contributed by atoms with Gasteiger partial charge in [-0.05, 0) is 5.56 Å². The SMILES string of the molecule is C=C(CC(O)(c1ccccc1)[Si](C)(C)C)C(=C)[Si](C)(C)C. The highest BCUT2D eigenvalue weighted by atomic mass is 28.3. The van der Waals surface area contributed by atoms with Crippen molar-refractivity contribution in [3.63, 3.8) is 0 Å². The van der Waals surface area contributed by atoms with E-state index in [0.29, 0.717) is 6.42 Å². The number of hydrogen-bond acceptors (Lipinski definition) is 1. The van der Waals surface area contributed by atoms with Gasteiger partial charge in [0.2, 0.25) is 0 Å². The van der Waals surface area contributed by atoms with E-state index in [1.165, 1.54) is 0 Å². The number of hydrogen-bond donors (Lipinski definition) is 1. The predicted molar refractivity (Wildman–Crippen MR) is 99.9 cm³/mol. The average molecular weight is 319 g/mol. The number of allylic oxidation sites excluding steroid dienone is 1. The van der Waals surface area contributed by atoms with E-state index in [4.69, 9.17) is 0 Å². The van der Waals surface area contributed by atoms with Gasteiger partial charge in [-0.3, -0.25) is 0 Å². The molecule has 116 valence electrons. The first-order valence-corrected chi connectivity index (χ1v) is 14.5. The molecule has 0 fully saturated rings. The van der Waals surface area contributed by atoms with Crippen molar-refractivity contribution >= 4 is 16.1 Å². The second-order valence-corrected chi connectivity index (χ2v) is 18.4. The average Bonchev–Trinajstić information content (AvgIpc) is 2.36. The minimum atomic E-state index is -1.85. The van der Waals surface area contributed by atoms with Crippen molar-refractivity contribution in [3.05, 3.63) is 59.8 Å². The fraction of sp³-hybridized carbons (Fsp3) is 0.444. The molecule has 1 rings (SSSR count). The molecule has 0 aliphatic carbocycles. The summed E-state index contributed by atoms with van der Waals surface area (Å²) in [6, 6.07) is 10.0. The fourth-order valence-electron chi connectivity index (χ4n) is 2.46. The van der Waals surface area contributed by atoms with Crippen LogP contribution in [-0.2, 0) is 5.22 Å². The lowest BCUT2D eigenvalue weighted by Gasteiger charge is -2.41. The first-order chi connectivity index (χ1) is 9.39. The van der Waals surface area contributed by atoms with E-state index in [-0.39, 0.29) is 0 Å². The van der Waals surface area contributed by atoms with E-state index < -0.39 is 21.4 Å². The Morgan fingerprint density at radius 1 is 1.00 bits per heavy atom. The van der Waals surface area contributed by atoms with Crippen LogP contribution in [0.4, 0.5) is 0 Å². The van der Waals surface area contributed by atoms with Gasteiger partial charge >= 0.3 is 0 Å². The van der Waals surface area contributed by atoms with Gasteiger partial charge < -0.3 is 5.11 Å². The van der Waals surface area contributed by atoms with E-state index in [1.54, 1.807) is 0 Å². The normalized spacial score (nSPS) is 15.4. The Balaban J connectivity index is 3.19. The molecule has 0 radical (unpaired) electrons. The topological polar surface area (TPSA) is 20.2 Å². The maximum absolute atomic E-state index is 11.5. The molecule has 1 nitrogen and oxygen atoms in total. The third-order valence-electron chi connectivity index (χ3n) is 4.29. The minimum Gasteiger partial charge on any atom is -0.388 e. The molecule has 0 heterocycles. The molecule has 3 heteroatoms. The van der Waals surface area contributed by atoms with Crippen LogP contribution in [0.2, 0.25) is 39.3 Å². The number of benzene rings is 1. The first-order valence-electron chi connectivity index (χ1n) is 7.55. The molecule has 21 heavy (non-hydrogen) atoms. The van der Waals surface area contributed by atoms with Crippen molar-refractivity contribution in [1.82, 2.24) is 0 Å². The number of rotatable bonds is 6. The molecule has 1 aromatic carbocycles. The smallest absolute Gasteiger partial charge is 0.0882 e. The van der Waals surface area contributed by atoms with E-state index in [9.17, 15) is 5.11 Å². The van der Waals surface area contributed by atoms with Crippen molar-refractivity contribution in [3.8, 4) is 0 Å². The standard InChI is InChI=1S/C18H30OSi2/c1-15(16(2)20(3,4)5)14-18(19,21(6,7)8)17-12-10-9-11-13-17/h9-13,19H,1-2,14H2,3-8H3. The van der Waals surface area contributed by atoms with E-state index >= 15 is 0 Å². The summed E-state index contributed by atoms with van der Waals surface area (Å²) in [5.41, 5.74) is 2.02. The lowest BCUT2D eigenvalue weighted by molar-refractivity contribution is 0.115. The van der Waals surface area contributed by atoms with Gasteiger partial charge in [0, 0.05) is 6.42 Å². The van der Waals surface area contributed by atoms with E-state index in [1.807, 2.05) is 30.3 Å². The van der Waals surface area contributed by atoms with Crippen LogP contribution in [0.1, 0.15) is 12.0 Å². The highest BCUT2D eigenvalue weighted by Gasteiger charge is 2.44. The Morgan fingerprint density at radius 3 is 1.86 bits per heavy atom. The zero-order valence-electron chi connectivity index (χ0n) is 14.5. The lowest BCUT2D eigenvalue weighted by Crippen LogP contribution is -2.50. The van der Waals surface area contributed by atoms with Crippen LogP contribution in [-0.4, -0.2) is 21.3 Å². The van der Waals surface area contributed by atoms with Crippen molar-refractivity contribution in [1.29, 1.82) is 0 Å². The Kier molecular flexibility index (Phi) is 5.24. The Labute approximate surface area is 132 Å². The van der Waals surface area contributed by atoms with E-state index in [2.05, 4.69) is 52.4 Å². The first kappa shape index (κ1) is 18.1. The Morgan fingerprint density at radius 2 is 1.48 bits per heavy atom. The van der Waals surface area contributed by atoms with Gasteiger partial charge in [-0.2, -0.15) is 0 Å². The molecule has 0 saturated carbocycles. The van der Waals surface area contributed by atoms with Crippen molar-refractivity contribution in [2.24, 2.45) is 0 Å². The van der Waals surface area contributed by atoms with Gasteiger partial charge in [0.15, 0.2) is 0 Å². The summed E-state index contributed by atoms with van der Waals surface area (Å²) in [6.07, 6.45) is 0.593. The Hall–Kier alpha value is -0.906. The van der Waals surface area contributed by atoms with Gasteiger partial charge in [-0.1, -0.05) is 93.5 Å². The molecule has 1 unspecified atom stereocenters. The summed E-state index contributed by atoms with van der Waals surface area (Å²) in [7, 11) is -3.32. The molecular formula is C18H30OSi2. The molecule has 0 saturated heterocycles. The van der Waals surface area contributed by atoms with Crippen LogP contribution in [0.3, 0.4) is 0 Å². The lowest BCUT2D eigenvalue weighted by atomic mass is 10.0. The van der Waals surface area contributed by atoms with Crippen molar-refractivity contribution in [2.45, 2.75) is 50.9 Å². The quantitative estimate of drug-likeness (QED) is 0.569. The summed E-state index contributed by atoms with van der Waals surface area (Å²) in [5, 5.41) is 11.8. The molecular weight excluding hydrogens is 288 g/mol.